The fourth-order valence-electron chi connectivity index (χ4n) is 2.81. The number of unbranched alkanes of at least 4 members (excludes halogenated alkanes) is 1. The van der Waals surface area contributed by atoms with Gasteiger partial charge in [0.05, 0.1) is 6.61 Å². The van der Waals surface area contributed by atoms with E-state index in [9.17, 15) is 4.79 Å². The van der Waals surface area contributed by atoms with Crippen molar-refractivity contribution in [1.29, 1.82) is 0 Å². The summed E-state index contributed by atoms with van der Waals surface area (Å²) in [6.45, 7) is 4.92. The van der Waals surface area contributed by atoms with Crippen molar-refractivity contribution >= 4 is 11.7 Å². The molecule has 6 heteroatoms. The molecular weight excluding hydrogens is 246 g/mol. The highest BCUT2D eigenvalue weighted by Gasteiger charge is 2.53. The Bertz CT molecular complexity index is 338. The van der Waals surface area contributed by atoms with Gasteiger partial charge in [-0.3, -0.25) is 4.79 Å². The van der Waals surface area contributed by atoms with E-state index in [2.05, 4.69) is 5.16 Å². The highest BCUT2D eigenvalue weighted by atomic mass is 16.4. The molecule has 110 valence electrons. The smallest absolute Gasteiger partial charge is 0.236 e. The number of hydrogen-bond donors (Lipinski definition) is 3. The number of carbonyl (C=O) groups excluding carboxylic acids is 1. The highest BCUT2D eigenvalue weighted by molar-refractivity contribution is 6.07. The molecule has 1 fully saturated rings. The summed E-state index contributed by atoms with van der Waals surface area (Å²) in [6.07, 6.45) is 3.07. The predicted molar refractivity (Wildman–Crippen MR) is 72.8 cm³/mol. The number of amidine groups is 1. The van der Waals surface area contributed by atoms with Crippen molar-refractivity contribution in [3.8, 4) is 0 Å². The zero-order valence-electron chi connectivity index (χ0n) is 11.8. The van der Waals surface area contributed by atoms with Crippen molar-refractivity contribution in [2.75, 3.05) is 19.7 Å². The number of amides is 1. The Morgan fingerprint density at radius 3 is 2.53 bits per heavy atom. The third-order valence-corrected chi connectivity index (χ3v) is 3.84. The van der Waals surface area contributed by atoms with Gasteiger partial charge in [0.15, 0.2) is 5.84 Å². The molecule has 0 spiro atoms. The van der Waals surface area contributed by atoms with Gasteiger partial charge in [0.1, 0.15) is 5.41 Å². The Balaban J connectivity index is 2.85. The Labute approximate surface area is 114 Å². The molecule has 0 bridgehead atoms. The number of carbonyl (C=O) groups is 1. The van der Waals surface area contributed by atoms with Gasteiger partial charge in [-0.2, -0.15) is 0 Å². The average molecular weight is 271 g/mol. The van der Waals surface area contributed by atoms with E-state index in [4.69, 9.17) is 16.0 Å². The van der Waals surface area contributed by atoms with E-state index in [0.29, 0.717) is 31.8 Å². The van der Waals surface area contributed by atoms with Crippen molar-refractivity contribution in [3.05, 3.63) is 0 Å². The lowest BCUT2D eigenvalue weighted by Gasteiger charge is -2.46. The minimum Gasteiger partial charge on any atom is -0.409 e. The summed E-state index contributed by atoms with van der Waals surface area (Å²) in [5.41, 5.74) is 4.86. The lowest BCUT2D eigenvalue weighted by Crippen LogP contribution is -2.58. The lowest BCUT2D eigenvalue weighted by molar-refractivity contribution is -0.145. The zero-order chi connectivity index (χ0) is 14.5. The largest absolute Gasteiger partial charge is 0.409 e. The fraction of sp³-hybridized carbons (Fsp3) is 0.846. The van der Waals surface area contributed by atoms with Gasteiger partial charge in [-0.15, -0.1) is 0 Å². The first kappa shape index (κ1) is 15.8. The molecule has 1 aliphatic rings. The molecule has 0 atom stereocenters. The summed E-state index contributed by atoms with van der Waals surface area (Å²) in [4.78, 5) is 14.3. The van der Waals surface area contributed by atoms with Crippen molar-refractivity contribution in [2.24, 2.45) is 22.2 Å². The topological polar surface area (TPSA) is 99.2 Å². The van der Waals surface area contributed by atoms with E-state index in [1.807, 2.05) is 13.8 Å². The minimum atomic E-state index is -0.864. The van der Waals surface area contributed by atoms with E-state index in [-0.39, 0.29) is 18.3 Å². The van der Waals surface area contributed by atoms with Gasteiger partial charge in [0, 0.05) is 13.1 Å². The molecule has 4 N–H and O–H groups in total. The van der Waals surface area contributed by atoms with Crippen LogP contribution in [0.3, 0.4) is 0 Å². The van der Waals surface area contributed by atoms with Crippen LogP contribution in [0.5, 0.6) is 0 Å². The van der Waals surface area contributed by atoms with Gasteiger partial charge >= 0.3 is 0 Å². The van der Waals surface area contributed by atoms with Crippen LogP contribution in [0.4, 0.5) is 0 Å². The molecule has 1 saturated carbocycles. The Morgan fingerprint density at radius 2 is 2.11 bits per heavy atom. The summed E-state index contributed by atoms with van der Waals surface area (Å²) >= 11 is 0. The standard InChI is InChI=1S/C13H25N3O3/c1-3-4-5-16(6-7-17)12(18)13(11(14)15-19)8-10(2)9-13/h10,17,19H,3-9H2,1-2H3,(H2,14,15). The van der Waals surface area contributed by atoms with Gasteiger partial charge in [0.2, 0.25) is 5.91 Å². The van der Waals surface area contributed by atoms with Crippen LogP contribution in [-0.2, 0) is 4.79 Å². The van der Waals surface area contributed by atoms with Crippen LogP contribution in [0, 0.1) is 11.3 Å². The molecule has 19 heavy (non-hydrogen) atoms. The summed E-state index contributed by atoms with van der Waals surface area (Å²) in [5, 5.41) is 21.0. The van der Waals surface area contributed by atoms with E-state index >= 15 is 0 Å². The molecule has 0 heterocycles. The van der Waals surface area contributed by atoms with Crippen LogP contribution in [-0.4, -0.2) is 46.7 Å². The van der Waals surface area contributed by atoms with Crippen LogP contribution >= 0.6 is 0 Å². The van der Waals surface area contributed by atoms with Crippen molar-refractivity contribution in [2.45, 2.75) is 39.5 Å². The molecule has 0 aromatic carbocycles. The number of nitrogens with two attached hydrogens (primary N) is 1. The number of aliphatic hydroxyl groups is 1. The van der Waals surface area contributed by atoms with Gasteiger partial charge in [-0.05, 0) is 25.2 Å². The number of hydrogen-bond acceptors (Lipinski definition) is 4. The second-order valence-corrected chi connectivity index (χ2v) is 5.45. The second-order valence-electron chi connectivity index (χ2n) is 5.45. The van der Waals surface area contributed by atoms with Crippen LogP contribution in [0.15, 0.2) is 5.16 Å². The van der Waals surface area contributed by atoms with Crippen molar-refractivity contribution < 1.29 is 15.1 Å². The Hall–Kier alpha value is -1.30. The minimum absolute atomic E-state index is 0.00459. The maximum absolute atomic E-state index is 12.6. The van der Waals surface area contributed by atoms with Crippen LogP contribution in [0.25, 0.3) is 0 Å². The molecule has 1 rings (SSSR count). The first-order valence-electron chi connectivity index (χ1n) is 6.90. The number of aliphatic hydroxyl groups excluding tert-OH is 1. The summed E-state index contributed by atoms with van der Waals surface area (Å²) < 4.78 is 0. The van der Waals surface area contributed by atoms with Gasteiger partial charge in [0.25, 0.3) is 0 Å². The van der Waals surface area contributed by atoms with E-state index in [1.165, 1.54) is 0 Å². The molecule has 0 radical (unpaired) electrons. The molecule has 0 aliphatic heterocycles. The van der Waals surface area contributed by atoms with Gasteiger partial charge in [-0.1, -0.05) is 25.4 Å². The maximum atomic E-state index is 12.6. The van der Waals surface area contributed by atoms with Crippen molar-refractivity contribution in [1.82, 2.24) is 4.90 Å². The van der Waals surface area contributed by atoms with Crippen LogP contribution < -0.4 is 5.73 Å². The normalized spacial score (nSPS) is 26.9. The molecule has 6 nitrogen and oxygen atoms in total. The molecular formula is C13H25N3O3. The second kappa shape index (κ2) is 6.75. The molecule has 0 aromatic heterocycles. The quantitative estimate of drug-likeness (QED) is 0.275. The third-order valence-electron chi connectivity index (χ3n) is 3.84. The molecule has 1 aliphatic carbocycles. The number of nitrogens with zero attached hydrogens (tertiary/aromatic N) is 2. The number of oxime groups is 1. The molecule has 0 aromatic rings. The monoisotopic (exact) mass is 271 g/mol. The van der Waals surface area contributed by atoms with Crippen molar-refractivity contribution in [3.63, 3.8) is 0 Å². The molecule has 1 amide bonds. The fourth-order valence-corrected chi connectivity index (χ4v) is 2.81. The van der Waals surface area contributed by atoms with Crippen LogP contribution in [0.2, 0.25) is 0 Å². The number of rotatable bonds is 7. The maximum Gasteiger partial charge on any atom is 0.236 e. The van der Waals surface area contributed by atoms with Gasteiger partial charge in [-0.25, -0.2) is 0 Å². The third kappa shape index (κ3) is 3.18. The average Bonchev–Trinajstić information content (AvgIpc) is 2.37. The Morgan fingerprint density at radius 1 is 1.47 bits per heavy atom. The van der Waals surface area contributed by atoms with Crippen LogP contribution in [0.1, 0.15) is 39.5 Å². The Kier molecular flexibility index (Phi) is 5.60. The summed E-state index contributed by atoms with van der Waals surface area (Å²) in [5.74, 6) is 0.268. The SMILES string of the molecule is CCCCN(CCO)C(=O)C1(C(N)=NO)CC(C)C1. The lowest BCUT2D eigenvalue weighted by atomic mass is 9.61. The van der Waals surface area contributed by atoms with E-state index in [1.54, 1.807) is 4.90 Å². The molecule has 0 unspecified atom stereocenters. The first-order chi connectivity index (χ1) is 9.01. The molecule has 0 saturated heterocycles. The van der Waals surface area contributed by atoms with E-state index in [0.717, 1.165) is 12.8 Å². The zero-order valence-corrected chi connectivity index (χ0v) is 11.8. The van der Waals surface area contributed by atoms with E-state index < -0.39 is 5.41 Å². The first-order valence-corrected chi connectivity index (χ1v) is 6.90. The highest BCUT2D eigenvalue weighted by Crippen LogP contribution is 2.47. The predicted octanol–water partition coefficient (Wildman–Crippen LogP) is 0.770. The van der Waals surface area contributed by atoms with Gasteiger partial charge < -0.3 is 20.9 Å². The summed E-state index contributed by atoms with van der Waals surface area (Å²) in [6, 6.07) is 0. The summed E-state index contributed by atoms with van der Waals surface area (Å²) in [7, 11) is 0.